The van der Waals surface area contributed by atoms with Crippen molar-refractivity contribution in [2.75, 3.05) is 39.6 Å². The van der Waals surface area contributed by atoms with Gasteiger partial charge in [-0.25, -0.2) is 9.37 Å². The number of benzene rings is 6. The van der Waals surface area contributed by atoms with Crippen LogP contribution in [-0.2, 0) is 6.42 Å². The number of aromatic hydroxyl groups is 1. The zero-order valence-electron chi connectivity index (χ0n) is 31.8. The van der Waals surface area contributed by atoms with Crippen molar-refractivity contribution >= 4 is 62.7 Å². The van der Waals surface area contributed by atoms with Crippen LogP contribution in [0.5, 0.6) is 5.75 Å². The Labute approximate surface area is 342 Å². The van der Waals surface area contributed by atoms with Gasteiger partial charge in [-0.3, -0.25) is 9.59 Å². The van der Waals surface area contributed by atoms with E-state index in [1.165, 1.54) is 24.3 Å². The standard InChI is InChI=1S/C46H35Cl2N3O7/c1-50(2)26-9-13-32-36(19-26)57-37-20-27(51(3)4)10-14-33(37)41(32)42-35(47)23-34(44(48)43(42)46(55)56)45(54)49-18-17-24-5-7-25(8-6-24)40-30-15-11-28(52)21-38(30)58-39-22-29(53)12-16-31(39)40/h5-16,19-23H,17-18H2,1-4H3,(H2-,49,52,53,54,55,56)/p+1. The van der Waals surface area contributed by atoms with Crippen molar-refractivity contribution in [2.24, 2.45) is 0 Å². The van der Waals surface area contributed by atoms with E-state index < -0.39 is 11.9 Å². The summed E-state index contributed by atoms with van der Waals surface area (Å²) in [6.07, 6.45) is 0.454. The number of nitrogens with zero attached hydrogens (tertiary/aromatic N) is 2. The summed E-state index contributed by atoms with van der Waals surface area (Å²) in [5.41, 5.74) is 6.00. The number of carboxylic acid groups (broad SMARTS) is 1. The van der Waals surface area contributed by atoms with E-state index in [1.807, 2.05) is 98.3 Å². The predicted molar refractivity (Wildman–Crippen MR) is 229 cm³/mol. The van der Waals surface area contributed by atoms with Crippen molar-refractivity contribution < 1.29 is 28.6 Å². The summed E-state index contributed by atoms with van der Waals surface area (Å²) in [5, 5.41) is 25.7. The van der Waals surface area contributed by atoms with Crippen LogP contribution in [0.2, 0.25) is 10.0 Å². The van der Waals surface area contributed by atoms with Gasteiger partial charge in [0.1, 0.15) is 42.5 Å². The van der Waals surface area contributed by atoms with Gasteiger partial charge in [0, 0.05) is 89.2 Å². The molecule has 12 heteroatoms. The number of hydrogen-bond donors (Lipinski definition) is 3. The van der Waals surface area contributed by atoms with Crippen LogP contribution in [0.25, 0.3) is 66.8 Å². The average molecular weight is 814 g/mol. The third kappa shape index (κ3) is 6.90. The smallest absolute Gasteiger partial charge is 0.337 e. The van der Waals surface area contributed by atoms with Gasteiger partial charge in [-0.15, -0.1) is 0 Å². The number of rotatable bonds is 8. The third-order valence-corrected chi connectivity index (χ3v) is 11.0. The van der Waals surface area contributed by atoms with E-state index >= 15 is 0 Å². The first-order chi connectivity index (χ1) is 27.8. The van der Waals surface area contributed by atoms with Crippen LogP contribution in [-0.4, -0.2) is 56.8 Å². The van der Waals surface area contributed by atoms with Crippen molar-refractivity contribution in [3.63, 3.8) is 0 Å². The summed E-state index contributed by atoms with van der Waals surface area (Å²) in [6, 6.07) is 30.0. The first-order valence-electron chi connectivity index (χ1n) is 18.3. The van der Waals surface area contributed by atoms with Gasteiger partial charge in [-0.2, -0.15) is 0 Å². The monoisotopic (exact) mass is 812 g/mol. The maximum Gasteiger partial charge on any atom is 0.337 e. The number of carboxylic acids is 1. The molecule has 10 nitrogen and oxygen atoms in total. The zero-order valence-corrected chi connectivity index (χ0v) is 33.3. The Morgan fingerprint density at radius 1 is 0.759 bits per heavy atom. The quantitative estimate of drug-likeness (QED) is 0.102. The van der Waals surface area contributed by atoms with Crippen LogP contribution < -0.4 is 25.6 Å². The van der Waals surface area contributed by atoms with E-state index in [0.717, 1.165) is 38.7 Å². The molecule has 4 aliphatic rings. The average Bonchev–Trinajstić information content (AvgIpc) is 3.19. The minimum Gasteiger partial charge on any atom is -0.508 e. The number of aromatic carboxylic acids is 1. The molecule has 2 aliphatic carbocycles. The maximum absolute atomic E-state index is 13.7. The van der Waals surface area contributed by atoms with Crippen molar-refractivity contribution in [2.45, 2.75) is 6.42 Å². The lowest BCUT2D eigenvalue weighted by atomic mass is 9.89. The molecule has 0 saturated heterocycles. The van der Waals surface area contributed by atoms with Gasteiger partial charge < -0.3 is 29.3 Å². The molecular formula is C46H36Cl2N3O7+. The highest BCUT2D eigenvalue weighted by atomic mass is 35.5. The van der Waals surface area contributed by atoms with Gasteiger partial charge in [0.25, 0.3) is 5.91 Å². The number of fused-ring (bicyclic) bond motifs is 4. The van der Waals surface area contributed by atoms with Crippen LogP contribution in [0.4, 0.5) is 5.69 Å². The fourth-order valence-corrected chi connectivity index (χ4v) is 7.97. The fourth-order valence-electron chi connectivity index (χ4n) is 7.35. The largest absolute Gasteiger partial charge is 0.508 e. The van der Waals surface area contributed by atoms with Crippen LogP contribution >= 0.6 is 23.2 Å². The normalized spacial score (nSPS) is 11.4. The van der Waals surface area contributed by atoms with Crippen molar-refractivity contribution in [1.29, 1.82) is 0 Å². The molecule has 0 spiro atoms. The van der Waals surface area contributed by atoms with Crippen molar-refractivity contribution in [3.05, 3.63) is 145 Å². The highest BCUT2D eigenvalue weighted by Gasteiger charge is 2.30. The van der Waals surface area contributed by atoms with Gasteiger partial charge in [-0.1, -0.05) is 47.5 Å². The van der Waals surface area contributed by atoms with Gasteiger partial charge in [0.05, 0.1) is 27.2 Å². The number of phenols is 1. The third-order valence-electron chi connectivity index (χ3n) is 10.3. The number of carbonyl (C=O) groups is 2. The summed E-state index contributed by atoms with van der Waals surface area (Å²) < 4.78 is 14.3. The lowest BCUT2D eigenvalue weighted by Crippen LogP contribution is -2.26. The first-order valence-corrected chi connectivity index (χ1v) is 19.1. The fraction of sp³-hybridized carbons (Fsp3) is 0.130. The summed E-state index contributed by atoms with van der Waals surface area (Å²) in [7, 11) is 7.66. The van der Waals surface area contributed by atoms with E-state index in [2.05, 4.69) is 5.32 Å². The number of phenolic OH excluding ortho intramolecular Hbond substituents is 1. The molecule has 4 aromatic rings. The molecule has 0 atom stereocenters. The Bertz CT molecular complexity index is 3040. The van der Waals surface area contributed by atoms with Crippen molar-refractivity contribution in [3.8, 4) is 50.7 Å². The maximum atomic E-state index is 13.7. The molecule has 0 unspecified atom stereocenters. The predicted octanol–water partition coefficient (Wildman–Crippen LogP) is 8.86. The molecule has 8 rings (SSSR count). The molecule has 1 amide bonds. The molecule has 3 N–H and O–H groups in total. The highest BCUT2D eigenvalue weighted by molar-refractivity contribution is 6.41. The second-order valence-corrected chi connectivity index (χ2v) is 15.2. The molecule has 2 heterocycles. The van der Waals surface area contributed by atoms with E-state index in [9.17, 15) is 24.6 Å². The van der Waals surface area contributed by atoms with Gasteiger partial charge >= 0.3 is 5.97 Å². The zero-order chi connectivity index (χ0) is 41.0. The SMILES string of the molecule is CN(C)c1ccc2c(-c3c(Cl)cc(C(=O)NCCc4ccc(-c5c6ccc(=O)cc-6oc6cc(O)ccc56)cc4)c(Cl)c3C(=O)O)c3ccc(=[N+](C)C)cc-3oc2c1. The molecule has 58 heavy (non-hydrogen) atoms. The highest BCUT2D eigenvalue weighted by Crippen LogP contribution is 2.47. The number of anilines is 1. The van der Waals surface area contributed by atoms with E-state index in [1.54, 1.807) is 18.2 Å². The second kappa shape index (κ2) is 15.0. The first kappa shape index (κ1) is 38.3. The van der Waals surface area contributed by atoms with Crippen LogP contribution in [0, 0.1) is 0 Å². The molecular weight excluding hydrogens is 777 g/mol. The molecule has 2 aliphatic heterocycles. The molecule has 0 saturated carbocycles. The molecule has 0 bridgehead atoms. The number of nitrogens with one attached hydrogen (secondary N) is 1. The number of halogens is 2. The summed E-state index contributed by atoms with van der Waals surface area (Å²) in [6.45, 7) is 0.218. The minimum atomic E-state index is -1.34. The van der Waals surface area contributed by atoms with Crippen molar-refractivity contribution in [1.82, 2.24) is 9.89 Å². The lowest BCUT2D eigenvalue weighted by Gasteiger charge is -2.21. The molecule has 0 radical (unpaired) electrons. The van der Waals surface area contributed by atoms with Gasteiger partial charge in [0.15, 0.2) is 5.43 Å². The number of hydrogen-bond acceptors (Lipinski definition) is 7. The molecule has 0 fully saturated rings. The molecule has 0 aromatic heterocycles. The van der Waals surface area contributed by atoms with Crippen LogP contribution in [0.1, 0.15) is 26.3 Å². The summed E-state index contributed by atoms with van der Waals surface area (Å²) >= 11 is 13.9. The molecule has 290 valence electrons. The lowest BCUT2D eigenvalue weighted by molar-refractivity contribution is 0.0698. The Balaban J connectivity index is 1.10. The number of amides is 1. The Morgan fingerprint density at radius 2 is 1.41 bits per heavy atom. The van der Waals surface area contributed by atoms with E-state index in [0.29, 0.717) is 45.6 Å². The molecule has 4 aromatic carbocycles. The van der Waals surface area contributed by atoms with Crippen LogP contribution in [0.3, 0.4) is 0 Å². The Morgan fingerprint density at radius 3 is 2.12 bits per heavy atom. The van der Waals surface area contributed by atoms with Gasteiger partial charge in [0.2, 0.25) is 5.36 Å². The Kier molecular flexibility index (Phi) is 9.92. The summed E-state index contributed by atoms with van der Waals surface area (Å²) in [5.74, 6) is -0.950. The topological polar surface area (TPSA) is 136 Å². The second-order valence-electron chi connectivity index (χ2n) is 14.4. The van der Waals surface area contributed by atoms with Gasteiger partial charge in [-0.05, 0) is 66.1 Å². The van der Waals surface area contributed by atoms with Crippen LogP contribution in [0.15, 0.2) is 117 Å². The summed E-state index contributed by atoms with van der Waals surface area (Å²) in [4.78, 5) is 40.8. The minimum absolute atomic E-state index is 0.0418. The van der Waals surface area contributed by atoms with E-state index in [-0.39, 0.29) is 44.5 Å². The Hall–Kier alpha value is -6.62. The number of carbonyl (C=O) groups excluding carboxylic acids is 1. The van der Waals surface area contributed by atoms with E-state index in [4.69, 9.17) is 32.0 Å².